The number of carbonyl (C=O) groups is 1. The van der Waals surface area contributed by atoms with Gasteiger partial charge in [-0.3, -0.25) is 9.78 Å². The van der Waals surface area contributed by atoms with E-state index in [1.54, 1.807) is 6.20 Å². The fraction of sp³-hybridized carbons (Fsp3) is 0.471. The van der Waals surface area contributed by atoms with E-state index in [4.69, 9.17) is 0 Å². The first-order chi connectivity index (χ1) is 10.8. The van der Waals surface area contributed by atoms with E-state index in [0.717, 1.165) is 36.5 Å². The van der Waals surface area contributed by atoms with E-state index in [2.05, 4.69) is 19.9 Å². The van der Waals surface area contributed by atoms with Crippen molar-refractivity contribution in [3.63, 3.8) is 0 Å². The van der Waals surface area contributed by atoms with Gasteiger partial charge in [-0.1, -0.05) is 12.8 Å². The van der Waals surface area contributed by atoms with Crippen molar-refractivity contribution in [1.82, 2.24) is 19.9 Å². The number of imidazole rings is 1. The summed E-state index contributed by atoms with van der Waals surface area (Å²) in [6.45, 7) is 3.40. The molecule has 2 heterocycles. The maximum Gasteiger partial charge on any atom is 0.223 e. The minimum Gasteiger partial charge on any atom is -0.354 e. The van der Waals surface area contributed by atoms with Crippen LogP contribution in [0.15, 0.2) is 30.7 Å². The van der Waals surface area contributed by atoms with Crippen molar-refractivity contribution in [3.8, 4) is 11.4 Å². The summed E-state index contributed by atoms with van der Waals surface area (Å²) >= 11 is 0. The first kappa shape index (κ1) is 14.8. The molecule has 1 amide bonds. The smallest absolute Gasteiger partial charge is 0.223 e. The van der Waals surface area contributed by atoms with Crippen molar-refractivity contribution in [2.75, 3.05) is 6.54 Å². The van der Waals surface area contributed by atoms with Crippen LogP contribution in [0.5, 0.6) is 0 Å². The van der Waals surface area contributed by atoms with Crippen LogP contribution in [-0.2, 0) is 11.3 Å². The van der Waals surface area contributed by atoms with Gasteiger partial charge in [0.1, 0.15) is 5.82 Å². The third-order valence-electron chi connectivity index (χ3n) is 4.34. The van der Waals surface area contributed by atoms with E-state index in [1.165, 1.54) is 12.8 Å². The number of hydrogen-bond donors (Lipinski definition) is 1. The molecule has 1 saturated carbocycles. The van der Waals surface area contributed by atoms with Gasteiger partial charge in [-0.25, -0.2) is 4.98 Å². The van der Waals surface area contributed by atoms with Crippen LogP contribution >= 0.6 is 0 Å². The van der Waals surface area contributed by atoms with Crippen LogP contribution in [-0.4, -0.2) is 27.0 Å². The lowest BCUT2D eigenvalue weighted by Gasteiger charge is -2.13. The fourth-order valence-electron chi connectivity index (χ4n) is 3.09. The Morgan fingerprint density at radius 1 is 1.36 bits per heavy atom. The number of nitrogens with zero attached hydrogens (tertiary/aromatic N) is 3. The molecule has 0 spiro atoms. The summed E-state index contributed by atoms with van der Waals surface area (Å²) in [4.78, 5) is 20.7. The van der Waals surface area contributed by atoms with Gasteiger partial charge in [-0.2, -0.15) is 0 Å². The Kier molecular flexibility index (Phi) is 4.51. The number of aromatic nitrogens is 3. The van der Waals surface area contributed by atoms with Gasteiger partial charge in [-0.05, 0) is 31.9 Å². The molecule has 0 radical (unpaired) electrons. The summed E-state index contributed by atoms with van der Waals surface area (Å²) in [5, 5.41) is 3.07. The molecule has 0 unspecified atom stereocenters. The predicted molar refractivity (Wildman–Crippen MR) is 85.2 cm³/mol. The fourth-order valence-corrected chi connectivity index (χ4v) is 3.09. The molecule has 1 aliphatic carbocycles. The normalized spacial score (nSPS) is 15.1. The second kappa shape index (κ2) is 6.73. The highest BCUT2D eigenvalue weighted by Crippen LogP contribution is 2.24. The topological polar surface area (TPSA) is 59.8 Å². The Hall–Kier alpha value is -2.17. The third-order valence-corrected chi connectivity index (χ3v) is 4.34. The first-order valence-corrected chi connectivity index (χ1v) is 7.96. The molecule has 22 heavy (non-hydrogen) atoms. The van der Waals surface area contributed by atoms with Gasteiger partial charge in [-0.15, -0.1) is 0 Å². The van der Waals surface area contributed by atoms with Crippen molar-refractivity contribution in [1.29, 1.82) is 0 Å². The molecule has 1 fully saturated rings. The van der Waals surface area contributed by atoms with Crippen LogP contribution in [0.2, 0.25) is 0 Å². The third kappa shape index (κ3) is 3.18. The average molecular weight is 298 g/mol. The zero-order chi connectivity index (χ0) is 15.4. The lowest BCUT2D eigenvalue weighted by atomic mass is 10.1. The standard InChI is InChI=1S/C17H22N4O/c1-13-11-20-16(15-7-4-8-18-12-15)21(13)10-9-19-17(22)14-5-2-3-6-14/h4,7-8,11-12,14H,2-3,5-6,9-10H2,1H3,(H,19,22). The Labute approximate surface area is 130 Å². The zero-order valence-electron chi connectivity index (χ0n) is 13.0. The van der Waals surface area contributed by atoms with Gasteiger partial charge >= 0.3 is 0 Å². The molecule has 0 atom stereocenters. The van der Waals surface area contributed by atoms with Crippen LogP contribution < -0.4 is 5.32 Å². The summed E-state index contributed by atoms with van der Waals surface area (Å²) in [7, 11) is 0. The summed E-state index contributed by atoms with van der Waals surface area (Å²) in [6.07, 6.45) is 9.88. The summed E-state index contributed by atoms with van der Waals surface area (Å²) < 4.78 is 2.13. The van der Waals surface area contributed by atoms with Crippen molar-refractivity contribution in [2.45, 2.75) is 39.2 Å². The molecular formula is C17H22N4O. The van der Waals surface area contributed by atoms with E-state index < -0.39 is 0 Å². The maximum atomic E-state index is 12.1. The van der Waals surface area contributed by atoms with Crippen molar-refractivity contribution < 1.29 is 4.79 Å². The maximum absolute atomic E-state index is 12.1. The predicted octanol–water partition coefficient (Wildman–Crippen LogP) is 2.56. The number of amides is 1. The van der Waals surface area contributed by atoms with Crippen LogP contribution in [0.25, 0.3) is 11.4 Å². The van der Waals surface area contributed by atoms with Crippen molar-refractivity contribution in [2.24, 2.45) is 5.92 Å². The molecule has 3 rings (SSSR count). The molecule has 1 N–H and O–H groups in total. The highest BCUT2D eigenvalue weighted by atomic mass is 16.1. The summed E-state index contributed by atoms with van der Waals surface area (Å²) in [5.41, 5.74) is 2.09. The highest BCUT2D eigenvalue weighted by Gasteiger charge is 2.22. The minimum atomic E-state index is 0.207. The van der Waals surface area contributed by atoms with E-state index in [-0.39, 0.29) is 11.8 Å². The lowest BCUT2D eigenvalue weighted by molar-refractivity contribution is -0.124. The van der Waals surface area contributed by atoms with Crippen molar-refractivity contribution in [3.05, 3.63) is 36.4 Å². The second-order valence-electron chi connectivity index (χ2n) is 5.89. The number of carbonyl (C=O) groups excluding carboxylic acids is 1. The van der Waals surface area contributed by atoms with Gasteiger partial charge in [0, 0.05) is 48.9 Å². The Bertz CT molecular complexity index is 629. The number of nitrogens with one attached hydrogen (secondary N) is 1. The molecule has 0 aromatic carbocycles. The van der Waals surface area contributed by atoms with Crippen molar-refractivity contribution >= 4 is 5.91 Å². The van der Waals surface area contributed by atoms with Gasteiger partial charge in [0.15, 0.2) is 0 Å². The van der Waals surface area contributed by atoms with Crippen LogP contribution in [0.1, 0.15) is 31.4 Å². The quantitative estimate of drug-likeness (QED) is 0.923. The van der Waals surface area contributed by atoms with Crippen LogP contribution in [0, 0.1) is 12.8 Å². The molecule has 0 bridgehead atoms. The summed E-state index contributed by atoms with van der Waals surface area (Å²) in [5.74, 6) is 1.33. The van der Waals surface area contributed by atoms with E-state index in [0.29, 0.717) is 6.54 Å². The molecule has 5 heteroatoms. The Morgan fingerprint density at radius 2 is 2.18 bits per heavy atom. The van der Waals surface area contributed by atoms with Gasteiger partial charge in [0.2, 0.25) is 5.91 Å². The molecule has 2 aromatic rings. The first-order valence-electron chi connectivity index (χ1n) is 7.96. The highest BCUT2D eigenvalue weighted by molar-refractivity contribution is 5.78. The number of rotatable bonds is 5. The SMILES string of the molecule is Cc1cnc(-c2cccnc2)n1CCNC(=O)C1CCCC1. The molecule has 116 valence electrons. The second-order valence-corrected chi connectivity index (χ2v) is 5.89. The van der Waals surface area contributed by atoms with E-state index in [9.17, 15) is 4.79 Å². The molecule has 5 nitrogen and oxygen atoms in total. The molecule has 0 saturated heterocycles. The zero-order valence-corrected chi connectivity index (χ0v) is 13.0. The lowest BCUT2D eigenvalue weighted by Crippen LogP contribution is -2.32. The Morgan fingerprint density at radius 3 is 2.91 bits per heavy atom. The molecule has 0 aliphatic heterocycles. The number of pyridine rings is 1. The molecular weight excluding hydrogens is 276 g/mol. The summed E-state index contributed by atoms with van der Waals surface area (Å²) in [6, 6.07) is 3.91. The average Bonchev–Trinajstić information content (AvgIpc) is 3.19. The van der Waals surface area contributed by atoms with Crippen LogP contribution in [0.3, 0.4) is 0 Å². The largest absolute Gasteiger partial charge is 0.354 e. The van der Waals surface area contributed by atoms with Crippen LogP contribution in [0.4, 0.5) is 0 Å². The van der Waals surface area contributed by atoms with Gasteiger partial charge in [0.25, 0.3) is 0 Å². The van der Waals surface area contributed by atoms with E-state index in [1.807, 2.05) is 31.5 Å². The van der Waals surface area contributed by atoms with Gasteiger partial charge in [0.05, 0.1) is 0 Å². The Balaban J connectivity index is 1.63. The van der Waals surface area contributed by atoms with E-state index >= 15 is 0 Å². The van der Waals surface area contributed by atoms with Gasteiger partial charge < -0.3 is 9.88 Å². The molecule has 1 aliphatic rings. The number of aryl methyl sites for hydroxylation is 1. The monoisotopic (exact) mass is 298 g/mol. The molecule has 2 aromatic heterocycles. The number of hydrogen-bond acceptors (Lipinski definition) is 3. The minimum absolute atomic E-state index is 0.207.